The van der Waals surface area contributed by atoms with Gasteiger partial charge in [0.05, 0.1) is 6.04 Å². The molecule has 2 aliphatic rings. The SMILES string of the molecule is CC(=O)NC1(c2noc(CCC(=O)NC3CCSc4c(F)cccc43)n2)CCCCCC1. The van der Waals surface area contributed by atoms with Gasteiger partial charge in [-0.25, -0.2) is 4.39 Å². The Kier molecular flexibility index (Phi) is 7.13. The molecule has 2 N–H and O–H groups in total. The Bertz CT molecular complexity index is 972. The summed E-state index contributed by atoms with van der Waals surface area (Å²) in [5.74, 6) is 1.16. The van der Waals surface area contributed by atoms with E-state index in [0.29, 0.717) is 23.0 Å². The van der Waals surface area contributed by atoms with Crippen LogP contribution in [-0.4, -0.2) is 27.7 Å². The van der Waals surface area contributed by atoms with Crippen LogP contribution in [0.15, 0.2) is 27.6 Å². The van der Waals surface area contributed by atoms with E-state index in [-0.39, 0.29) is 30.1 Å². The van der Waals surface area contributed by atoms with Crippen LogP contribution >= 0.6 is 11.8 Å². The van der Waals surface area contributed by atoms with Crippen molar-refractivity contribution in [1.82, 2.24) is 20.8 Å². The molecule has 1 atom stereocenters. The van der Waals surface area contributed by atoms with Crippen molar-refractivity contribution in [2.75, 3.05) is 5.75 Å². The number of nitrogens with one attached hydrogen (secondary N) is 2. The molecule has 7 nitrogen and oxygen atoms in total. The molecule has 172 valence electrons. The Balaban J connectivity index is 1.38. The van der Waals surface area contributed by atoms with Crippen molar-refractivity contribution in [2.45, 2.75) is 81.2 Å². The lowest BCUT2D eigenvalue weighted by molar-refractivity contribution is -0.122. The molecule has 0 spiro atoms. The molecular weight excluding hydrogens is 431 g/mol. The first kappa shape index (κ1) is 22.8. The average Bonchev–Trinajstić information content (AvgIpc) is 3.13. The summed E-state index contributed by atoms with van der Waals surface area (Å²) >= 11 is 1.49. The van der Waals surface area contributed by atoms with E-state index in [1.807, 2.05) is 6.07 Å². The van der Waals surface area contributed by atoms with Crippen LogP contribution in [-0.2, 0) is 21.5 Å². The molecule has 1 unspecified atom stereocenters. The predicted octanol–water partition coefficient (Wildman–Crippen LogP) is 4.18. The zero-order chi connectivity index (χ0) is 22.6. The highest BCUT2D eigenvalue weighted by atomic mass is 32.2. The molecule has 0 saturated heterocycles. The third-order valence-corrected chi connectivity index (χ3v) is 7.35. The highest BCUT2D eigenvalue weighted by Gasteiger charge is 2.38. The fourth-order valence-electron chi connectivity index (χ4n) is 4.65. The fourth-order valence-corrected chi connectivity index (χ4v) is 5.79. The lowest BCUT2D eigenvalue weighted by Gasteiger charge is -2.30. The van der Waals surface area contributed by atoms with Crippen LogP contribution in [0.3, 0.4) is 0 Å². The Morgan fingerprint density at radius 2 is 2.03 bits per heavy atom. The monoisotopic (exact) mass is 460 g/mol. The molecule has 1 aliphatic heterocycles. The number of benzene rings is 1. The van der Waals surface area contributed by atoms with E-state index in [1.165, 1.54) is 24.8 Å². The van der Waals surface area contributed by atoms with Crippen LogP contribution in [0, 0.1) is 5.82 Å². The van der Waals surface area contributed by atoms with Crippen molar-refractivity contribution in [3.8, 4) is 0 Å². The normalized spacial score (nSPS) is 20.1. The Labute approximate surface area is 191 Å². The first-order chi connectivity index (χ1) is 15.5. The number of amides is 2. The van der Waals surface area contributed by atoms with E-state index in [9.17, 15) is 14.0 Å². The summed E-state index contributed by atoms with van der Waals surface area (Å²) in [7, 11) is 0. The van der Waals surface area contributed by atoms with Crippen molar-refractivity contribution in [3.63, 3.8) is 0 Å². The molecule has 32 heavy (non-hydrogen) atoms. The summed E-state index contributed by atoms with van der Waals surface area (Å²) in [6, 6.07) is 4.80. The Morgan fingerprint density at radius 3 is 2.78 bits per heavy atom. The number of thioether (sulfide) groups is 1. The second kappa shape index (κ2) is 10.0. The number of carbonyl (C=O) groups excluding carboxylic acids is 2. The van der Waals surface area contributed by atoms with Crippen molar-refractivity contribution in [3.05, 3.63) is 41.3 Å². The molecular formula is C23H29FN4O3S. The maximum atomic E-state index is 14.1. The standard InChI is InChI=1S/C23H29FN4O3S/c1-15(29)27-23(12-4-2-3-5-13-23)22-26-20(31-28-22)10-9-19(30)25-18-11-14-32-21-16(18)7-6-8-17(21)24/h6-8,18H,2-5,9-14H2,1H3,(H,25,30)(H,27,29). The average molecular weight is 461 g/mol. The van der Waals surface area contributed by atoms with E-state index in [0.717, 1.165) is 56.3 Å². The maximum absolute atomic E-state index is 14.1. The molecule has 1 saturated carbocycles. The van der Waals surface area contributed by atoms with Crippen LogP contribution in [0.25, 0.3) is 0 Å². The summed E-state index contributed by atoms with van der Waals surface area (Å²) in [5.41, 5.74) is 0.236. The van der Waals surface area contributed by atoms with Crippen molar-refractivity contribution < 1.29 is 18.5 Å². The summed E-state index contributed by atoms with van der Waals surface area (Å²) in [5, 5.41) is 10.2. The minimum Gasteiger partial charge on any atom is -0.349 e. The number of nitrogens with zero attached hydrogens (tertiary/aromatic N) is 2. The minimum absolute atomic E-state index is 0.111. The van der Waals surface area contributed by atoms with E-state index in [4.69, 9.17) is 4.52 Å². The summed E-state index contributed by atoms with van der Waals surface area (Å²) in [6.45, 7) is 1.51. The van der Waals surface area contributed by atoms with Gasteiger partial charge in [0.2, 0.25) is 17.7 Å². The largest absolute Gasteiger partial charge is 0.349 e. The van der Waals surface area contributed by atoms with Crippen molar-refractivity contribution in [2.24, 2.45) is 0 Å². The number of rotatable bonds is 6. The molecule has 4 rings (SSSR count). The summed E-state index contributed by atoms with van der Waals surface area (Å²) < 4.78 is 19.5. The van der Waals surface area contributed by atoms with E-state index in [1.54, 1.807) is 6.07 Å². The number of hydrogen-bond acceptors (Lipinski definition) is 6. The van der Waals surface area contributed by atoms with Crippen molar-refractivity contribution >= 4 is 23.6 Å². The van der Waals surface area contributed by atoms with Gasteiger partial charge in [0.1, 0.15) is 11.4 Å². The van der Waals surface area contributed by atoms with Gasteiger partial charge in [0.15, 0.2) is 5.82 Å². The third-order valence-electron chi connectivity index (χ3n) is 6.20. The first-order valence-corrected chi connectivity index (χ1v) is 12.3. The Hall–Kier alpha value is -2.42. The predicted molar refractivity (Wildman–Crippen MR) is 118 cm³/mol. The minimum atomic E-state index is -0.597. The van der Waals surface area contributed by atoms with Crippen LogP contribution in [0.5, 0.6) is 0 Å². The smallest absolute Gasteiger partial charge is 0.227 e. The lowest BCUT2D eigenvalue weighted by atomic mass is 9.89. The molecule has 1 aliphatic carbocycles. The van der Waals surface area contributed by atoms with Crippen molar-refractivity contribution in [1.29, 1.82) is 0 Å². The zero-order valence-electron chi connectivity index (χ0n) is 18.3. The molecule has 2 amide bonds. The lowest BCUT2D eigenvalue weighted by Crippen LogP contribution is -2.45. The number of fused-ring (bicyclic) bond motifs is 1. The quantitative estimate of drug-likeness (QED) is 0.628. The second-order valence-electron chi connectivity index (χ2n) is 8.60. The highest BCUT2D eigenvalue weighted by Crippen LogP contribution is 2.38. The molecule has 2 heterocycles. The number of aromatic nitrogens is 2. The third kappa shape index (κ3) is 5.14. The maximum Gasteiger partial charge on any atom is 0.227 e. The summed E-state index contributed by atoms with van der Waals surface area (Å²) in [6.07, 6.45) is 7.07. The number of carbonyl (C=O) groups is 2. The molecule has 1 fully saturated rings. The molecule has 0 bridgehead atoms. The topological polar surface area (TPSA) is 97.1 Å². The number of aryl methyl sites for hydroxylation is 1. The van der Waals surface area contributed by atoms with Gasteiger partial charge < -0.3 is 15.2 Å². The molecule has 1 aromatic carbocycles. The second-order valence-corrected chi connectivity index (χ2v) is 9.71. The van der Waals surface area contributed by atoms with E-state index in [2.05, 4.69) is 20.8 Å². The van der Waals surface area contributed by atoms with Gasteiger partial charge in [-0.3, -0.25) is 9.59 Å². The summed E-state index contributed by atoms with van der Waals surface area (Å²) in [4.78, 5) is 29.6. The fraction of sp³-hybridized carbons (Fsp3) is 0.565. The molecule has 1 aromatic heterocycles. The van der Waals surface area contributed by atoms with Gasteiger partial charge in [0, 0.05) is 30.4 Å². The van der Waals surface area contributed by atoms with Gasteiger partial charge in [-0.2, -0.15) is 4.98 Å². The van der Waals surface area contributed by atoms with Crippen LogP contribution < -0.4 is 10.6 Å². The van der Waals surface area contributed by atoms with E-state index < -0.39 is 5.54 Å². The molecule has 0 radical (unpaired) electrons. The molecule has 2 aromatic rings. The van der Waals surface area contributed by atoms with Gasteiger partial charge in [-0.05, 0) is 30.9 Å². The van der Waals surface area contributed by atoms with Gasteiger partial charge in [0.25, 0.3) is 0 Å². The van der Waals surface area contributed by atoms with Crippen LogP contribution in [0.1, 0.15) is 81.6 Å². The van der Waals surface area contributed by atoms with Crippen LogP contribution in [0.4, 0.5) is 4.39 Å². The number of halogens is 1. The zero-order valence-corrected chi connectivity index (χ0v) is 19.1. The van der Waals surface area contributed by atoms with Crippen LogP contribution in [0.2, 0.25) is 0 Å². The highest BCUT2D eigenvalue weighted by molar-refractivity contribution is 7.99. The Morgan fingerprint density at radius 1 is 1.25 bits per heavy atom. The number of hydrogen-bond donors (Lipinski definition) is 2. The van der Waals surface area contributed by atoms with E-state index >= 15 is 0 Å². The first-order valence-electron chi connectivity index (χ1n) is 11.3. The van der Waals surface area contributed by atoms with Gasteiger partial charge in [-0.1, -0.05) is 43.0 Å². The van der Waals surface area contributed by atoms with Gasteiger partial charge >= 0.3 is 0 Å². The molecule has 9 heteroatoms. The van der Waals surface area contributed by atoms with Gasteiger partial charge in [-0.15, -0.1) is 11.8 Å².